The molecular weight excluding hydrogens is 314 g/mol. The van der Waals surface area contributed by atoms with Gasteiger partial charge in [-0.1, -0.05) is 6.07 Å². The maximum atomic E-state index is 13.9. The topological polar surface area (TPSA) is 43.8 Å². The molecule has 132 valence electrons. The number of amides is 1. The third-order valence-corrected chi connectivity index (χ3v) is 5.02. The minimum atomic E-state index is -0.760. The summed E-state index contributed by atoms with van der Waals surface area (Å²) in [4.78, 5) is 16.5. The van der Waals surface area contributed by atoms with E-state index in [-0.39, 0.29) is 18.5 Å². The predicted molar refractivity (Wildman–Crippen MR) is 86.2 cm³/mol. The van der Waals surface area contributed by atoms with Gasteiger partial charge in [0.25, 0.3) is 0 Å². The van der Waals surface area contributed by atoms with E-state index in [0.717, 1.165) is 38.3 Å². The molecule has 6 heteroatoms. The SMILES string of the molecule is C[C@]1(O)CCCN([C@@H]2CCCN(Cc3ccc(F)cc3F)C2=O)C1. The van der Waals surface area contributed by atoms with Crippen molar-refractivity contribution < 1.29 is 18.7 Å². The quantitative estimate of drug-likeness (QED) is 0.920. The van der Waals surface area contributed by atoms with E-state index in [1.54, 1.807) is 11.8 Å². The lowest BCUT2D eigenvalue weighted by molar-refractivity contribution is -0.143. The van der Waals surface area contributed by atoms with Gasteiger partial charge < -0.3 is 10.0 Å². The molecule has 0 aliphatic carbocycles. The minimum Gasteiger partial charge on any atom is -0.389 e. The van der Waals surface area contributed by atoms with Crippen LogP contribution in [0.15, 0.2) is 18.2 Å². The summed E-state index contributed by atoms with van der Waals surface area (Å²) >= 11 is 0. The van der Waals surface area contributed by atoms with Crippen molar-refractivity contribution in [1.82, 2.24) is 9.80 Å². The summed E-state index contributed by atoms with van der Waals surface area (Å²) < 4.78 is 26.9. The number of carbonyl (C=O) groups excluding carboxylic acids is 1. The van der Waals surface area contributed by atoms with E-state index >= 15 is 0 Å². The normalized spacial score (nSPS) is 29.1. The highest BCUT2D eigenvalue weighted by atomic mass is 19.1. The van der Waals surface area contributed by atoms with Crippen molar-refractivity contribution >= 4 is 5.91 Å². The fourth-order valence-electron chi connectivity index (χ4n) is 3.80. The molecule has 3 rings (SSSR count). The van der Waals surface area contributed by atoms with E-state index in [9.17, 15) is 18.7 Å². The molecule has 24 heavy (non-hydrogen) atoms. The first-order valence-electron chi connectivity index (χ1n) is 8.55. The molecule has 0 unspecified atom stereocenters. The molecule has 1 aromatic carbocycles. The van der Waals surface area contributed by atoms with Gasteiger partial charge in [0.15, 0.2) is 0 Å². The van der Waals surface area contributed by atoms with Gasteiger partial charge in [-0.2, -0.15) is 0 Å². The molecule has 2 saturated heterocycles. The fourth-order valence-corrected chi connectivity index (χ4v) is 3.80. The van der Waals surface area contributed by atoms with Crippen LogP contribution in [0.4, 0.5) is 8.78 Å². The van der Waals surface area contributed by atoms with Gasteiger partial charge in [-0.3, -0.25) is 9.69 Å². The highest BCUT2D eigenvalue weighted by Crippen LogP contribution is 2.27. The molecule has 0 saturated carbocycles. The van der Waals surface area contributed by atoms with Crippen LogP contribution in [0.1, 0.15) is 38.2 Å². The second-order valence-corrected chi connectivity index (χ2v) is 7.22. The largest absolute Gasteiger partial charge is 0.389 e. The summed E-state index contributed by atoms with van der Waals surface area (Å²) in [6.45, 7) is 3.83. The average Bonchev–Trinajstić information content (AvgIpc) is 2.51. The molecule has 0 spiro atoms. The number of β-amino-alcohol motifs (C(OH)–C–C–N with tert-alkyl or cyclic N) is 1. The third kappa shape index (κ3) is 3.75. The zero-order chi connectivity index (χ0) is 17.3. The molecule has 0 bridgehead atoms. The Kier molecular flexibility index (Phi) is 4.88. The summed E-state index contributed by atoms with van der Waals surface area (Å²) in [5.74, 6) is -1.26. The maximum absolute atomic E-state index is 13.9. The van der Waals surface area contributed by atoms with Crippen LogP contribution < -0.4 is 0 Å². The van der Waals surface area contributed by atoms with Crippen molar-refractivity contribution in [1.29, 1.82) is 0 Å². The molecular formula is C18H24F2N2O2. The number of rotatable bonds is 3. The monoisotopic (exact) mass is 338 g/mol. The number of hydrogen-bond acceptors (Lipinski definition) is 3. The number of hydrogen-bond donors (Lipinski definition) is 1. The molecule has 2 aliphatic heterocycles. The summed E-state index contributed by atoms with van der Waals surface area (Å²) in [6.07, 6.45) is 3.22. The Balaban J connectivity index is 1.70. The first kappa shape index (κ1) is 17.3. The Labute approximate surface area is 141 Å². The molecule has 0 radical (unpaired) electrons. The fraction of sp³-hybridized carbons (Fsp3) is 0.611. The Bertz CT molecular complexity index is 621. The third-order valence-electron chi connectivity index (χ3n) is 5.02. The first-order valence-corrected chi connectivity index (χ1v) is 8.55. The van der Waals surface area contributed by atoms with Crippen LogP contribution in [-0.2, 0) is 11.3 Å². The van der Waals surface area contributed by atoms with Crippen molar-refractivity contribution in [2.75, 3.05) is 19.6 Å². The number of halogens is 2. The van der Waals surface area contributed by atoms with Gasteiger partial charge in [-0.15, -0.1) is 0 Å². The standard InChI is InChI=1S/C18H24F2N2O2/c1-18(24)7-3-9-22(12-18)16-4-2-8-21(17(16)23)11-13-5-6-14(19)10-15(13)20/h5-6,10,16,24H,2-4,7-9,11-12H2,1H3/t16-,18+/m1/s1. The first-order chi connectivity index (χ1) is 11.4. The van der Waals surface area contributed by atoms with Crippen LogP contribution in [0.2, 0.25) is 0 Å². The van der Waals surface area contributed by atoms with E-state index in [1.165, 1.54) is 12.1 Å². The lowest BCUT2D eigenvalue weighted by Gasteiger charge is -2.44. The van der Waals surface area contributed by atoms with Crippen LogP contribution in [0.5, 0.6) is 0 Å². The highest BCUT2D eigenvalue weighted by molar-refractivity contribution is 5.82. The predicted octanol–water partition coefficient (Wildman–Crippen LogP) is 2.30. The van der Waals surface area contributed by atoms with Crippen LogP contribution in [0.25, 0.3) is 0 Å². The van der Waals surface area contributed by atoms with E-state index in [2.05, 4.69) is 4.90 Å². The summed E-state index contributed by atoms with van der Waals surface area (Å²) in [5.41, 5.74) is -0.430. The molecule has 2 fully saturated rings. The van der Waals surface area contributed by atoms with E-state index in [0.29, 0.717) is 18.7 Å². The molecule has 2 atom stereocenters. The number of piperidine rings is 2. The van der Waals surface area contributed by atoms with Gasteiger partial charge in [0.1, 0.15) is 11.6 Å². The molecule has 2 aliphatic rings. The molecule has 4 nitrogen and oxygen atoms in total. The van der Waals surface area contributed by atoms with Gasteiger partial charge in [-0.25, -0.2) is 8.78 Å². The smallest absolute Gasteiger partial charge is 0.240 e. The number of nitrogens with zero attached hydrogens (tertiary/aromatic N) is 2. The number of likely N-dealkylation sites (tertiary alicyclic amines) is 2. The number of carbonyl (C=O) groups is 1. The summed E-state index contributed by atoms with van der Waals surface area (Å²) in [5, 5.41) is 10.3. The van der Waals surface area contributed by atoms with Gasteiger partial charge in [-0.05, 0) is 45.2 Å². The zero-order valence-corrected chi connectivity index (χ0v) is 14.0. The Morgan fingerprint density at radius 3 is 2.79 bits per heavy atom. The van der Waals surface area contributed by atoms with Crippen molar-refractivity contribution in [3.63, 3.8) is 0 Å². The molecule has 1 aromatic rings. The second kappa shape index (κ2) is 6.76. The number of aliphatic hydroxyl groups is 1. The summed E-state index contributed by atoms with van der Waals surface area (Å²) in [7, 11) is 0. The van der Waals surface area contributed by atoms with Gasteiger partial charge in [0.2, 0.25) is 5.91 Å². The van der Waals surface area contributed by atoms with Crippen molar-refractivity contribution in [3.05, 3.63) is 35.4 Å². The number of benzene rings is 1. The van der Waals surface area contributed by atoms with Crippen LogP contribution in [0, 0.1) is 11.6 Å². The van der Waals surface area contributed by atoms with Gasteiger partial charge in [0, 0.05) is 31.3 Å². The van der Waals surface area contributed by atoms with E-state index < -0.39 is 17.2 Å². The lowest BCUT2D eigenvalue weighted by Crippen LogP contribution is -2.57. The Morgan fingerprint density at radius 2 is 2.08 bits per heavy atom. The van der Waals surface area contributed by atoms with Gasteiger partial charge in [0.05, 0.1) is 11.6 Å². The van der Waals surface area contributed by atoms with Crippen molar-refractivity contribution in [2.45, 2.75) is 50.8 Å². The molecule has 1 N–H and O–H groups in total. The van der Waals surface area contributed by atoms with E-state index in [1.807, 2.05) is 0 Å². The van der Waals surface area contributed by atoms with Crippen LogP contribution in [-0.4, -0.2) is 52.1 Å². The van der Waals surface area contributed by atoms with Crippen LogP contribution >= 0.6 is 0 Å². The Morgan fingerprint density at radius 1 is 1.29 bits per heavy atom. The lowest BCUT2D eigenvalue weighted by atomic mass is 9.92. The summed E-state index contributed by atoms with van der Waals surface area (Å²) in [6, 6.07) is 3.21. The average molecular weight is 338 g/mol. The second-order valence-electron chi connectivity index (χ2n) is 7.22. The molecule has 2 heterocycles. The highest BCUT2D eigenvalue weighted by Gasteiger charge is 2.38. The minimum absolute atomic E-state index is 0.0253. The van der Waals surface area contributed by atoms with Gasteiger partial charge >= 0.3 is 0 Å². The van der Waals surface area contributed by atoms with Crippen LogP contribution in [0.3, 0.4) is 0 Å². The molecule has 1 amide bonds. The van der Waals surface area contributed by atoms with Crippen molar-refractivity contribution in [2.24, 2.45) is 0 Å². The zero-order valence-electron chi connectivity index (χ0n) is 14.0. The maximum Gasteiger partial charge on any atom is 0.240 e. The van der Waals surface area contributed by atoms with E-state index in [4.69, 9.17) is 0 Å². The molecule has 0 aromatic heterocycles. The van der Waals surface area contributed by atoms with Crippen molar-refractivity contribution in [3.8, 4) is 0 Å². The Hall–Kier alpha value is -1.53.